The molecule has 1 N–H and O–H groups in total. The van der Waals surface area contributed by atoms with Crippen LogP contribution in [0.5, 0.6) is 0 Å². The number of nitro benzene ring substituents is 1. The molecule has 0 bridgehead atoms. The highest BCUT2D eigenvalue weighted by Gasteiger charge is 2.16. The number of nitrogens with one attached hydrogen (secondary N) is 1. The van der Waals surface area contributed by atoms with Crippen molar-refractivity contribution in [2.45, 2.75) is 6.42 Å². The maximum atomic E-state index is 13.3. The number of hydrogen-bond acceptors (Lipinski definition) is 4. The number of nitrogens with zero attached hydrogens (tertiary/aromatic N) is 1. The van der Waals surface area contributed by atoms with Crippen molar-refractivity contribution in [3.63, 3.8) is 0 Å². The van der Waals surface area contributed by atoms with E-state index in [1.54, 1.807) is 6.07 Å². The van der Waals surface area contributed by atoms with Gasteiger partial charge in [-0.25, -0.2) is 0 Å². The Kier molecular flexibility index (Phi) is 3.83. The van der Waals surface area contributed by atoms with Crippen LogP contribution in [0.3, 0.4) is 0 Å². The molecule has 1 aliphatic rings. The van der Waals surface area contributed by atoms with Gasteiger partial charge < -0.3 is 5.32 Å². The van der Waals surface area contributed by atoms with Crippen LogP contribution in [0, 0.1) is 21.8 Å². The van der Waals surface area contributed by atoms with Gasteiger partial charge in [0.15, 0.2) is 0 Å². The van der Waals surface area contributed by atoms with Crippen molar-refractivity contribution in [2.75, 3.05) is 23.4 Å². The van der Waals surface area contributed by atoms with Crippen LogP contribution in [0.25, 0.3) is 0 Å². The predicted molar refractivity (Wildman–Crippen MR) is 67.0 cm³/mol. The smallest absolute Gasteiger partial charge is 0.304 e. The van der Waals surface area contributed by atoms with E-state index in [0.29, 0.717) is 11.6 Å². The summed E-state index contributed by atoms with van der Waals surface area (Å²) in [5.41, 5.74) is 0.122. The standard InChI is InChI=1S/C11H13FN2O2S/c12-10-5-9(1-2-11(10)14(15)16)13-6-8-3-4-17-7-8/h1-2,5,8,13H,3-4,6-7H2. The van der Waals surface area contributed by atoms with Gasteiger partial charge in [0.2, 0.25) is 5.82 Å². The Labute approximate surface area is 103 Å². The number of hydrogen-bond donors (Lipinski definition) is 1. The van der Waals surface area contributed by atoms with Gasteiger partial charge in [0.1, 0.15) is 0 Å². The third kappa shape index (κ3) is 3.09. The Morgan fingerprint density at radius 1 is 1.59 bits per heavy atom. The lowest BCUT2D eigenvalue weighted by Gasteiger charge is -2.11. The summed E-state index contributed by atoms with van der Waals surface area (Å²) < 4.78 is 13.3. The Morgan fingerprint density at radius 2 is 2.41 bits per heavy atom. The fourth-order valence-electron chi connectivity index (χ4n) is 1.77. The van der Waals surface area contributed by atoms with Gasteiger partial charge >= 0.3 is 5.69 Å². The maximum Gasteiger partial charge on any atom is 0.304 e. The first-order valence-electron chi connectivity index (χ1n) is 5.42. The molecule has 1 atom stereocenters. The molecule has 0 saturated carbocycles. The van der Waals surface area contributed by atoms with E-state index in [2.05, 4.69) is 5.32 Å². The summed E-state index contributed by atoms with van der Waals surface area (Å²) in [6.45, 7) is 0.796. The van der Waals surface area contributed by atoms with Crippen molar-refractivity contribution < 1.29 is 9.31 Å². The normalized spacial score (nSPS) is 19.2. The molecule has 92 valence electrons. The van der Waals surface area contributed by atoms with E-state index in [0.717, 1.165) is 12.3 Å². The van der Waals surface area contributed by atoms with E-state index in [1.165, 1.54) is 24.3 Å². The van der Waals surface area contributed by atoms with Crippen molar-refractivity contribution in [2.24, 2.45) is 5.92 Å². The molecule has 0 aliphatic carbocycles. The van der Waals surface area contributed by atoms with Gasteiger partial charge in [0, 0.05) is 24.4 Å². The number of benzene rings is 1. The zero-order chi connectivity index (χ0) is 12.3. The lowest BCUT2D eigenvalue weighted by Crippen LogP contribution is -2.13. The summed E-state index contributed by atoms with van der Waals surface area (Å²) in [7, 11) is 0. The molecule has 1 fully saturated rings. The lowest BCUT2D eigenvalue weighted by molar-refractivity contribution is -0.387. The Hall–Kier alpha value is -1.30. The molecule has 6 heteroatoms. The van der Waals surface area contributed by atoms with Crippen LogP contribution < -0.4 is 5.32 Å². The molecule has 1 aromatic rings. The quantitative estimate of drug-likeness (QED) is 0.664. The first kappa shape index (κ1) is 12.2. The lowest BCUT2D eigenvalue weighted by atomic mass is 10.1. The van der Waals surface area contributed by atoms with Gasteiger partial charge in [-0.3, -0.25) is 10.1 Å². The molecule has 0 spiro atoms. The SMILES string of the molecule is O=[N+]([O-])c1ccc(NCC2CCSC2)cc1F. The molecule has 2 rings (SSSR count). The van der Waals surface area contributed by atoms with Crippen LogP contribution in [0.2, 0.25) is 0 Å². The topological polar surface area (TPSA) is 55.2 Å². The third-order valence-corrected chi connectivity index (χ3v) is 3.99. The van der Waals surface area contributed by atoms with Gasteiger partial charge in [-0.05, 0) is 29.9 Å². The van der Waals surface area contributed by atoms with Gasteiger partial charge in [0.05, 0.1) is 4.92 Å². The molecule has 4 nitrogen and oxygen atoms in total. The molecule has 17 heavy (non-hydrogen) atoms. The van der Waals surface area contributed by atoms with E-state index in [9.17, 15) is 14.5 Å². The van der Waals surface area contributed by atoms with Crippen molar-refractivity contribution in [3.05, 3.63) is 34.1 Å². The van der Waals surface area contributed by atoms with Crippen LogP contribution in [-0.2, 0) is 0 Å². The molecule has 1 unspecified atom stereocenters. The zero-order valence-corrected chi connectivity index (χ0v) is 10.0. The molecular formula is C11H13FN2O2S. The van der Waals surface area contributed by atoms with Crippen LogP contribution in [-0.4, -0.2) is 23.0 Å². The maximum absolute atomic E-state index is 13.3. The fraction of sp³-hybridized carbons (Fsp3) is 0.455. The molecule has 1 heterocycles. The highest BCUT2D eigenvalue weighted by molar-refractivity contribution is 7.99. The average Bonchev–Trinajstić information content (AvgIpc) is 2.78. The minimum absolute atomic E-state index is 0.480. The number of anilines is 1. The molecule has 0 radical (unpaired) electrons. The summed E-state index contributed by atoms with van der Waals surface area (Å²) in [5, 5.41) is 13.6. The first-order valence-corrected chi connectivity index (χ1v) is 6.58. The summed E-state index contributed by atoms with van der Waals surface area (Å²) in [4.78, 5) is 9.73. The molecule has 0 aromatic heterocycles. The average molecular weight is 256 g/mol. The minimum atomic E-state index is -0.791. The highest BCUT2D eigenvalue weighted by atomic mass is 32.2. The van der Waals surface area contributed by atoms with Crippen molar-refractivity contribution in [3.8, 4) is 0 Å². The van der Waals surface area contributed by atoms with E-state index < -0.39 is 16.4 Å². The second-order valence-corrected chi connectivity index (χ2v) is 5.18. The van der Waals surface area contributed by atoms with Crippen molar-refractivity contribution in [1.29, 1.82) is 0 Å². The summed E-state index contributed by atoms with van der Waals surface area (Å²) in [6.07, 6.45) is 1.17. The van der Waals surface area contributed by atoms with E-state index in [1.807, 2.05) is 11.8 Å². The summed E-state index contributed by atoms with van der Waals surface area (Å²) >= 11 is 1.92. The number of thioether (sulfide) groups is 1. The van der Waals surface area contributed by atoms with E-state index in [-0.39, 0.29) is 0 Å². The molecular weight excluding hydrogens is 243 g/mol. The van der Waals surface area contributed by atoms with Crippen molar-refractivity contribution in [1.82, 2.24) is 0 Å². The monoisotopic (exact) mass is 256 g/mol. The van der Waals surface area contributed by atoms with Crippen LogP contribution in [0.15, 0.2) is 18.2 Å². The molecule has 1 saturated heterocycles. The number of halogens is 1. The largest absolute Gasteiger partial charge is 0.385 e. The highest BCUT2D eigenvalue weighted by Crippen LogP contribution is 2.25. The van der Waals surface area contributed by atoms with Crippen LogP contribution in [0.1, 0.15) is 6.42 Å². The minimum Gasteiger partial charge on any atom is -0.385 e. The Bertz CT molecular complexity index is 422. The summed E-state index contributed by atoms with van der Waals surface area (Å²) in [6, 6.07) is 3.92. The molecule has 1 aliphatic heterocycles. The van der Waals surface area contributed by atoms with Gasteiger partial charge in [-0.15, -0.1) is 0 Å². The third-order valence-electron chi connectivity index (χ3n) is 2.76. The Morgan fingerprint density at radius 3 is 3.00 bits per heavy atom. The van der Waals surface area contributed by atoms with E-state index >= 15 is 0 Å². The first-order chi connectivity index (χ1) is 8.16. The van der Waals surface area contributed by atoms with Gasteiger partial charge in [-0.2, -0.15) is 16.2 Å². The molecule has 0 amide bonds. The second-order valence-electron chi connectivity index (χ2n) is 4.03. The number of rotatable bonds is 4. The predicted octanol–water partition coefficient (Wildman–Crippen LogP) is 2.90. The van der Waals surface area contributed by atoms with Gasteiger partial charge in [-0.1, -0.05) is 0 Å². The second kappa shape index (κ2) is 5.35. The van der Waals surface area contributed by atoms with Crippen LogP contribution in [0.4, 0.5) is 15.8 Å². The van der Waals surface area contributed by atoms with Crippen LogP contribution >= 0.6 is 11.8 Å². The van der Waals surface area contributed by atoms with Crippen molar-refractivity contribution >= 4 is 23.1 Å². The number of nitro groups is 1. The Balaban J connectivity index is 1.97. The van der Waals surface area contributed by atoms with Gasteiger partial charge in [0.25, 0.3) is 0 Å². The summed E-state index contributed by atoms with van der Waals surface area (Å²) in [5.74, 6) is 2.13. The molecule has 1 aromatic carbocycles. The fourth-order valence-corrected chi connectivity index (χ4v) is 3.06. The van der Waals surface area contributed by atoms with E-state index in [4.69, 9.17) is 0 Å². The zero-order valence-electron chi connectivity index (χ0n) is 9.19.